The average molecular weight is 267 g/mol. The van der Waals surface area contributed by atoms with E-state index in [4.69, 9.17) is 5.73 Å². The van der Waals surface area contributed by atoms with Crippen LogP contribution in [0.1, 0.15) is 17.4 Å². The lowest BCUT2D eigenvalue weighted by Gasteiger charge is -2.16. The molecular formula is C9H9N5OS2. The predicted molar refractivity (Wildman–Crippen MR) is 67.7 cm³/mol. The topological polar surface area (TPSA) is 93.3 Å². The zero-order valence-corrected chi connectivity index (χ0v) is 10.3. The van der Waals surface area contributed by atoms with Gasteiger partial charge in [0.15, 0.2) is 5.17 Å². The lowest BCUT2D eigenvalue weighted by atomic mass is 9.99. The molecule has 1 aliphatic carbocycles. The van der Waals surface area contributed by atoms with Crippen LogP contribution in [0.2, 0.25) is 0 Å². The van der Waals surface area contributed by atoms with Gasteiger partial charge in [-0.3, -0.25) is 9.79 Å². The van der Waals surface area contributed by atoms with Crippen molar-refractivity contribution in [3.8, 4) is 0 Å². The fourth-order valence-electron chi connectivity index (χ4n) is 1.79. The molecular weight excluding hydrogens is 258 g/mol. The van der Waals surface area contributed by atoms with Gasteiger partial charge in [-0.25, -0.2) is 0 Å². The molecule has 2 atom stereocenters. The van der Waals surface area contributed by atoms with E-state index in [1.807, 2.05) is 12.2 Å². The van der Waals surface area contributed by atoms with Gasteiger partial charge < -0.3 is 11.1 Å². The van der Waals surface area contributed by atoms with Gasteiger partial charge in [0.2, 0.25) is 5.91 Å². The summed E-state index contributed by atoms with van der Waals surface area (Å²) < 4.78 is 8.44. The van der Waals surface area contributed by atoms with Crippen LogP contribution < -0.4 is 11.1 Å². The van der Waals surface area contributed by atoms with Crippen molar-refractivity contribution in [2.75, 3.05) is 5.75 Å². The molecule has 1 aliphatic heterocycles. The van der Waals surface area contributed by atoms with Crippen LogP contribution in [0.4, 0.5) is 0 Å². The molecule has 88 valence electrons. The lowest BCUT2D eigenvalue weighted by Crippen LogP contribution is -2.30. The third-order valence-corrected chi connectivity index (χ3v) is 4.00. The number of amidine groups is 1. The number of nitrogens with two attached hydrogens (primary N) is 1. The van der Waals surface area contributed by atoms with Crippen LogP contribution >= 0.6 is 23.5 Å². The summed E-state index contributed by atoms with van der Waals surface area (Å²) in [6.45, 7) is 0. The summed E-state index contributed by atoms with van der Waals surface area (Å²) in [6.07, 6.45) is 3.97. The maximum atomic E-state index is 10.7. The van der Waals surface area contributed by atoms with Crippen LogP contribution in [-0.2, 0) is 4.79 Å². The van der Waals surface area contributed by atoms with Gasteiger partial charge in [-0.2, -0.15) is 8.75 Å². The van der Waals surface area contributed by atoms with Gasteiger partial charge in [0.05, 0.1) is 23.5 Å². The molecule has 3 N–H and O–H groups in total. The summed E-state index contributed by atoms with van der Waals surface area (Å²) in [5, 5.41) is 3.97. The van der Waals surface area contributed by atoms with Crippen molar-refractivity contribution in [1.29, 1.82) is 0 Å². The first kappa shape index (κ1) is 10.7. The van der Waals surface area contributed by atoms with E-state index in [-0.39, 0.29) is 23.7 Å². The minimum atomic E-state index is -0.346. The molecule has 17 heavy (non-hydrogen) atoms. The van der Waals surface area contributed by atoms with E-state index in [2.05, 4.69) is 19.1 Å². The number of nitrogens with zero attached hydrogens (tertiary/aromatic N) is 3. The lowest BCUT2D eigenvalue weighted by molar-refractivity contribution is -0.115. The zero-order chi connectivity index (χ0) is 11.8. The second-order valence-corrected chi connectivity index (χ2v) is 5.19. The second kappa shape index (κ2) is 4.11. The largest absolute Gasteiger partial charge is 0.369 e. The molecule has 1 amide bonds. The molecule has 0 radical (unpaired) electrons. The standard InChI is InChI=1S/C9H9N5OS2/c10-6(15)3-16-9-11-4-1-2-5-8(7(4)12-9)14-17-13-5/h1-2,4,7H,3H2,(H2,10,15)(H,11,12)/t4-,7+/m1/s1. The Hall–Kier alpha value is -1.41. The molecule has 0 aromatic carbocycles. The van der Waals surface area contributed by atoms with Gasteiger partial charge in [0.1, 0.15) is 17.4 Å². The maximum Gasteiger partial charge on any atom is 0.227 e. The summed E-state index contributed by atoms with van der Waals surface area (Å²) in [4.78, 5) is 15.2. The molecule has 1 aromatic heterocycles. The van der Waals surface area contributed by atoms with Gasteiger partial charge >= 0.3 is 0 Å². The van der Waals surface area contributed by atoms with Crippen molar-refractivity contribution in [3.05, 3.63) is 17.5 Å². The third-order valence-electron chi connectivity index (χ3n) is 2.52. The van der Waals surface area contributed by atoms with Gasteiger partial charge in [-0.05, 0) is 6.08 Å². The number of amides is 1. The summed E-state index contributed by atoms with van der Waals surface area (Å²) in [5.74, 6) is -0.113. The van der Waals surface area contributed by atoms with Crippen molar-refractivity contribution in [2.45, 2.75) is 12.1 Å². The van der Waals surface area contributed by atoms with Crippen LogP contribution in [0, 0.1) is 0 Å². The molecule has 3 rings (SSSR count). The first-order valence-corrected chi connectivity index (χ1v) is 6.72. The number of primary amides is 1. The Morgan fingerprint density at radius 1 is 1.59 bits per heavy atom. The SMILES string of the molecule is NC(=O)CSC1=N[C@@H]2c3nsnc3C=C[C@H]2N1. The molecule has 0 fully saturated rings. The number of carbonyl (C=O) groups is 1. The van der Waals surface area contributed by atoms with E-state index in [1.165, 1.54) is 23.5 Å². The molecule has 0 spiro atoms. The summed E-state index contributed by atoms with van der Waals surface area (Å²) in [5.41, 5.74) is 6.90. The highest BCUT2D eigenvalue weighted by Gasteiger charge is 2.34. The number of nitrogens with one attached hydrogen (secondary N) is 1. The van der Waals surface area contributed by atoms with Crippen molar-refractivity contribution < 1.29 is 4.79 Å². The molecule has 1 aromatic rings. The van der Waals surface area contributed by atoms with E-state index >= 15 is 0 Å². The van der Waals surface area contributed by atoms with Crippen molar-refractivity contribution in [2.24, 2.45) is 10.7 Å². The first-order valence-electron chi connectivity index (χ1n) is 5.00. The number of hydrogen-bond acceptors (Lipinski definition) is 7. The molecule has 0 bridgehead atoms. The zero-order valence-electron chi connectivity index (χ0n) is 8.66. The van der Waals surface area contributed by atoms with Crippen molar-refractivity contribution >= 4 is 40.6 Å². The average Bonchev–Trinajstić information content (AvgIpc) is 2.91. The molecule has 8 heteroatoms. The predicted octanol–water partition coefficient (Wildman–Crippen LogP) is 0.152. The number of aromatic nitrogens is 2. The Morgan fingerprint density at radius 3 is 3.29 bits per heavy atom. The smallest absolute Gasteiger partial charge is 0.227 e. The second-order valence-electron chi connectivity index (χ2n) is 3.70. The quantitative estimate of drug-likeness (QED) is 0.795. The molecule has 0 saturated carbocycles. The van der Waals surface area contributed by atoms with Gasteiger partial charge in [-0.15, -0.1) is 0 Å². The molecule has 2 aliphatic rings. The number of hydrogen-bond donors (Lipinski definition) is 2. The fraction of sp³-hybridized carbons (Fsp3) is 0.333. The Morgan fingerprint density at radius 2 is 2.47 bits per heavy atom. The molecule has 0 saturated heterocycles. The van der Waals surface area contributed by atoms with Crippen LogP contribution in [-0.4, -0.2) is 31.6 Å². The number of carbonyl (C=O) groups excluding carboxylic acids is 1. The summed E-state index contributed by atoms with van der Waals surface area (Å²) >= 11 is 2.52. The highest BCUT2D eigenvalue weighted by Crippen LogP contribution is 2.33. The summed E-state index contributed by atoms with van der Waals surface area (Å²) in [7, 11) is 0. The van der Waals surface area contributed by atoms with Gasteiger partial charge in [-0.1, -0.05) is 17.8 Å². The minimum absolute atomic E-state index is 0.0240. The van der Waals surface area contributed by atoms with Crippen LogP contribution in [0.15, 0.2) is 11.1 Å². The Bertz CT molecular complexity index is 523. The van der Waals surface area contributed by atoms with Crippen molar-refractivity contribution in [3.63, 3.8) is 0 Å². The highest BCUT2D eigenvalue weighted by molar-refractivity contribution is 8.14. The highest BCUT2D eigenvalue weighted by atomic mass is 32.2. The van der Waals surface area contributed by atoms with E-state index in [0.29, 0.717) is 0 Å². The number of rotatable bonds is 2. The normalized spacial score (nSPS) is 24.8. The maximum absolute atomic E-state index is 10.7. The number of fused-ring (bicyclic) bond motifs is 3. The van der Waals surface area contributed by atoms with E-state index in [1.54, 1.807) is 0 Å². The van der Waals surface area contributed by atoms with Crippen LogP contribution in [0.3, 0.4) is 0 Å². The number of thioether (sulfide) groups is 1. The Balaban J connectivity index is 1.80. The van der Waals surface area contributed by atoms with E-state index < -0.39 is 0 Å². The fourth-order valence-corrected chi connectivity index (χ4v) is 3.05. The van der Waals surface area contributed by atoms with Crippen molar-refractivity contribution in [1.82, 2.24) is 14.1 Å². The van der Waals surface area contributed by atoms with Crippen LogP contribution in [0.5, 0.6) is 0 Å². The Labute approximate surface area is 106 Å². The first-order chi connectivity index (χ1) is 8.24. The van der Waals surface area contributed by atoms with E-state index in [9.17, 15) is 4.79 Å². The monoisotopic (exact) mass is 267 g/mol. The number of aliphatic imine (C=N–C) groups is 1. The molecule has 0 unspecified atom stereocenters. The summed E-state index contributed by atoms with van der Waals surface area (Å²) in [6, 6.07) is 0.0888. The van der Waals surface area contributed by atoms with Gasteiger partial charge in [0.25, 0.3) is 0 Å². The Kier molecular flexibility index (Phi) is 2.60. The third kappa shape index (κ3) is 1.93. The van der Waals surface area contributed by atoms with Gasteiger partial charge in [0, 0.05) is 0 Å². The van der Waals surface area contributed by atoms with E-state index in [0.717, 1.165) is 16.6 Å². The minimum Gasteiger partial charge on any atom is -0.369 e. The van der Waals surface area contributed by atoms with Crippen LogP contribution in [0.25, 0.3) is 6.08 Å². The molecule has 6 nitrogen and oxygen atoms in total. The molecule has 2 heterocycles.